The lowest BCUT2D eigenvalue weighted by molar-refractivity contribution is -0.387. The molecule has 0 amide bonds. The van der Waals surface area contributed by atoms with Crippen LogP contribution >= 0.6 is 24.8 Å². The van der Waals surface area contributed by atoms with E-state index >= 15 is 0 Å². The minimum atomic E-state index is -0.771. The van der Waals surface area contributed by atoms with Gasteiger partial charge in [0.1, 0.15) is 0 Å². The first-order valence-corrected chi connectivity index (χ1v) is 7.43. The molecule has 1 unspecified atom stereocenters. The summed E-state index contributed by atoms with van der Waals surface area (Å²) >= 11 is 0. The minimum absolute atomic E-state index is 0. The molecule has 1 N–H and O–H groups in total. The summed E-state index contributed by atoms with van der Waals surface area (Å²) in [5, 5.41) is 14.3. The normalized spacial score (nSPS) is 17.5. The van der Waals surface area contributed by atoms with Crippen LogP contribution in [0.4, 0.5) is 10.1 Å². The van der Waals surface area contributed by atoms with Crippen molar-refractivity contribution in [2.75, 3.05) is 26.2 Å². The van der Waals surface area contributed by atoms with Crippen LogP contribution in [0.3, 0.4) is 0 Å². The highest BCUT2D eigenvalue weighted by Gasteiger charge is 2.28. The average Bonchev–Trinajstić information content (AvgIpc) is 2.49. The third-order valence-corrected chi connectivity index (χ3v) is 4.24. The van der Waals surface area contributed by atoms with Crippen LogP contribution in [0.25, 0.3) is 0 Å². The highest BCUT2D eigenvalue weighted by Crippen LogP contribution is 2.33. The minimum Gasteiger partial charge on any atom is -0.314 e. The van der Waals surface area contributed by atoms with Gasteiger partial charge >= 0.3 is 5.69 Å². The van der Waals surface area contributed by atoms with Crippen molar-refractivity contribution in [1.29, 1.82) is 0 Å². The van der Waals surface area contributed by atoms with Crippen LogP contribution in [-0.4, -0.2) is 36.0 Å². The van der Waals surface area contributed by atoms with E-state index in [1.807, 2.05) is 0 Å². The van der Waals surface area contributed by atoms with Gasteiger partial charge in [-0.05, 0) is 17.5 Å². The second-order valence-electron chi connectivity index (χ2n) is 5.58. The van der Waals surface area contributed by atoms with E-state index in [2.05, 4.69) is 24.1 Å². The second-order valence-corrected chi connectivity index (χ2v) is 5.58. The summed E-state index contributed by atoms with van der Waals surface area (Å²) in [5.74, 6) is -0.417. The summed E-state index contributed by atoms with van der Waals surface area (Å²) in [6.45, 7) is 7.88. The van der Waals surface area contributed by atoms with E-state index in [1.54, 1.807) is 6.07 Å². The number of benzene rings is 1. The summed E-state index contributed by atoms with van der Waals surface area (Å²) in [7, 11) is 0. The van der Waals surface area contributed by atoms with Gasteiger partial charge in [0.15, 0.2) is 0 Å². The van der Waals surface area contributed by atoms with Gasteiger partial charge in [-0.1, -0.05) is 26.3 Å². The van der Waals surface area contributed by atoms with Crippen molar-refractivity contribution in [2.45, 2.75) is 26.3 Å². The SMILES string of the molecule is CCC(C)[C@@H](c1ccc(F)c([N+](=O)[O-])c1)N1CCNCC1.Cl.Cl. The molecular formula is C15H24Cl2FN3O2. The van der Waals surface area contributed by atoms with Crippen molar-refractivity contribution in [2.24, 2.45) is 5.92 Å². The Balaban J connectivity index is 0.00000242. The van der Waals surface area contributed by atoms with Gasteiger partial charge in [-0.15, -0.1) is 24.8 Å². The van der Waals surface area contributed by atoms with Gasteiger partial charge in [0.05, 0.1) is 4.92 Å². The lowest BCUT2D eigenvalue weighted by Gasteiger charge is -2.38. The van der Waals surface area contributed by atoms with Gasteiger partial charge in [0.25, 0.3) is 0 Å². The maximum Gasteiger partial charge on any atom is 0.305 e. The van der Waals surface area contributed by atoms with E-state index in [-0.39, 0.29) is 30.9 Å². The maximum absolute atomic E-state index is 13.5. The van der Waals surface area contributed by atoms with Gasteiger partial charge < -0.3 is 5.32 Å². The molecule has 1 aromatic carbocycles. The molecule has 1 fully saturated rings. The summed E-state index contributed by atoms with van der Waals surface area (Å²) in [6.07, 6.45) is 0.972. The number of piperazine rings is 1. The molecule has 0 aromatic heterocycles. The number of nitrogens with zero attached hydrogens (tertiary/aromatic N) is 2. The van der Waals surface area contributed by atoms with Crippen molar-refractivity contribution in [3.8, 4) is 0 Å². The molecular weight excluding hydrogens is 344 g/mol. The highest BCUT2D eigenvalue weighted by molar-refractivity contribution is 5.85. The zero-order valence-corrected chi connectivity index (χ0v) is 15.0. The predicted octanol–water partition coefficient (Wildman–Crippen LogP) is 3.57. The van der Waals surface area contributed by atoms with E-state index < -0.39 is 16.4 Å². The Labute approximate surface area is 148 Å². The van der Waals surface area contributed by atoms with E-state index in [4.69, 9.17) is 0 Å². The first-order valence-electron chi connectivity index (χ1n) is 7.43. The number of rotatable bonds is 5. The summed E-state index contributed by atoms with van der Waals surface area (Å²) in [4.78, 5) is 12.6. The number of halogens is 3. The molecule has 1 aliphatic rings. The van der Waals surface area contributed by atoms with Crippen LogP contribution in [-0.2, 0) is 0 Å². The number of hydrogen-bond acceptors (Lipinski definition) is 4. The van der Waals surface area contributed by atoms with Crippen LogP contribution in [0.1, 0.15) is 31.9 Å². The fourth-order valence-corrected chi connectivity index (χ4v) is 2.94. The van der Waals surface area contributed by atoms with Crippen LogP contribution < -0.4 is 5.32 Å². The molecule has 1 saturated heterocycles. The van der Waals surface area contributed by atoms with Crippen LogP contribution in [0.2, 0.25) is 0 Å². The molecule has 0 bridgehead atoms. The quantitative estimate of drug-likeness (QED) is 0.638. The molecule has 0 spiro atoms. The zero-order chi connectivity index (χ0) is 15.4. The number of hydrogen-bond donors (Lipinski definition) is 1. The lowest BCUT2D eigenvalue weighted by atomic mass is 9.90. The zero-order valence-electron chi connectivity index (χ0n) is 13.3. The lowest BCUT2D eigenvalue weighted by Crippen LogP contribution is -2.46. The van der Waals surface area contributed by atoms with Crippen molar-refractivity contribution < 1.29 is 9.31 Å². The fourth-order valence-electron chi connectivity index (χ4n) is 2.94. The molecule has 0 aliphatic carbocycles. The van der Waals surface area contributed by atoms with Gasteiger partial charge in [-0.2, -0.15) is 4.39 Å². The summed E-state index contributed by atoms with van der Waals surface area (Å²) in [6, 6.07) is 4.39. The average molecular weight is 368 g/mol. The molecule has 23 heavy (non-hydrogen) atoms. The molecule has 8 heteroatoms. The number of nitro groups is 1. The molecule has 1 aromatic rings. The summed E-state index contributed by atoms with van der Waals surface area (Å²) in [5.41, 5.74) is 0.398. The van der Waals surface area contributed by atoms with Gasteiger partial charge in [0.2, 0.25) is 5.82 Å². The standard InChI is InChI=1S/C15H22FN3O2.2ClH/c1-3-11(2)15(18-8-6-17-7-9-18)12-4-5-13(16)14(10-12)19(20)21;;/h4-5,10-11,15,17H,3,6-9H2,1-2H3;2*1H/t11?,15-;;/m0../s1. The monoisotopic (exact) mass is 367 g/mol. The fraction of sp³-hybridized carbons (Fsp3) is 0.600. The topological polar surface area (TPSA) is 58.4 Å². The van der Waals surface area contributed by atoms with Crippen molar-refractivity contribution in [3.63, 3.8) is 0 Å². The molecule has 2 rings (SSSR count). The van der Waals surface area contributed by atoms with Gasteiger partial charge in [-0.25, -0.2) is 0 Å². The molecule has 1 heterocycles. The molecule has 132 valence electrons. The second kappa shape index (κ2) is 10.0. The number of nitro benzene ring substituents is 1. The molecule has 0 saturated carbocycles. The smallest absolute Gasteiger partial charge is 0.305 e. The van der Waals surface area contributed by atoms with Crippen molar-refractivity contribution in [1.82, 2.24) is 10.2 Å². The Morgan fingerprint density at radius 1 is 1.35 bits per heavy atom. The Hall–Kier alpha value is -0.950. The van der Waals surface area contributed by atoms with Gasteiger partial charge in [0, 0.05) is 38.3 Å². The summed E-state index contributed by atoms with van der Waals surface area (Å²) < 4.78 is 13.5. The van der Waals surface area contributed by atoms with Crippen LogP contribution in [0.15, 0.2) is 18.2 Å². The third kappa shape index (κ3) is 5.28. The predicted molar refractivity (Wildman–Crippen MR) is 94.2 cm³/mol. The van der Waals surface area contributed by atoms with E-state index in [0.29, 0.717) is 5.92 Å². The third-order valence-electron chi connectivity index (χ3n) is 4.24. The van der Waals surface area contributed by atoms with Gasteiger partial charge in [-0.3, -0.25) is 15.0 Å². The molecule has 5 nitrogen and oxygen atoms in total. The van der Waals surface area contributed by atoms with Crippen molar-refractivity contribution in [3.05, 3.63) is 39.7 Å². The highest BCUT2D eigenvalue weighted by atomic mass is 35.5. The molecule has 0 radical (unpaired) electrons. The Bertz CT molecular complexity index is 513. The first kappa shape index (κ1) is 22.1. The van der Waals surface area contributed by atoms with Crippen LogP contribution in [0, 0.1) is 21.8 Å². The van der Waals surface area contributed by atoms with E-state index in [1.165, 1.54) is 12.1 Å². The van der Waals surface area contributed by atoms with E-state index in [0.717, 1.165) is 38.2 Å². The maximum atomic E-state index is 13.5. The molecule has 1 aliphatic heterocycles. The first-order chi connectivity index (χ1) is 10.0. The van der Waals surface area contributed by atoms with Crippen molar-refractivity contribution >= 4 is 30.5 Å². The Morgan fingerprint density at radius 3 is 2.48 bits per heavy atom. The largest absolute Gasteiger partial charge is 0.314 e. The molecule has 2 atom stereocenters. The number of nitrogens with one attached hydrogen (secondary N) is 1. The van der Waals surface area contributed by atoms with Crippen LogP contribution in [0.5, 0.6) is 0 Å². The Morgan fingerprint density at radius 2 is 1.96 bits per heavy atom. The van der Waals surface area contributed by atoms with E-state index in [9.17, 15) is 14.5 Å². The Kier molecular flexibility index (Phi) is 9.61.